The second-order valence-corrected chi connectivity index (χ2v) is 4.03. The van der Waals surface area contributed by atoms with E-state index in [0.29, 0.717) is 19.4 Å². The summed E-state index contributed by atoms with van der Waals surface area (Å²) in [7, 11) is 0. The van der Waals surface area contributed by atoms with Gasteiger partial charge in [-0.1, -0.05) is 0 Å². The lowest BCUT2D eigenvalue weighted by Crippen LogP contribution is -2.49. The minimum Gasteiger partial charge on any atom is -0.480 e. The molecule has 0 heterocycles. The Hall–Kier alpha value is -1.87. The topological polar surface area (TPSA) is 183 Å². The fourth-order valence-electron chi connectivity index (χ4n) is 1.35. The maximum absolute atomic E-state index is 11.6. The van der Waals surface area contributed by atoms with Crippen molar-refractivity contribution in [2.75, 3.05) is 13.1 Å². The molecule has 0 saturated heterocycles. The molecule has 0 fully saturated rings. The molecule has 0 bridgehead atoms. The van der Waals surface area contributed by atoms with Crippen LogP contribution in [0.5, 0.6) is 0 Å². The molecule has 0 rings (SSSR count). The monoisotopic (exact) mass is 274 g/mol. The molecule has 2 atom stereocenters. The number of carboxylic acids is 1. The predicted molar refractivity (Wildman–Crippen MR) is 71.1 cm³/mol. The molecular weight excluding hydrogens is 252 g/mol. The maximum Gasteiger partial charge on any atom is 0.326 e. The van der Waals surface area contributed by atoms with Gasteiger partial charge in [-0.15, -0.1) is 0 Å². The molecule has 0 aromatic heterocycles. The van der Waals surface area contributed by atoms with E-state index < -0.39 is 24.0 Å². The van der Waals surface area contributed by atoms with Crippen LogP contribution in [0.25, 0.3) is 0 Å². The minimum absolute atomic E-state index is 0.0214. The van der Waals surface area contributed by atoms with Gasteiger partial charge in [0.1, 0.15) is 6.04 Å². The molecule has 0 aromatic rings. The first-order valence-corrected chi connectivity index (χ1v) is 5.92. The van der Waals surface area contributed by atoms with Gasteiger partial charge in [-0.05, 0) is 25.8 Å². The number of nitrogens with one attached hydrogen (secondary N) is 1. The van der Waals surface area contributed by atoms with Crippen LogP contribution in [-0.4, -0.2) is 48.1 Å². The summed E-state index contributed by atoms with van der Waals surface area (Å²) in [5, 5.41) is 11.2. The summed E-state index contributed by atoms with van der Waals surface area (Å²) in [5.74, 6) is -1.68. The third kappa shape index (κ3) is 7.95. The van der Waals surface area contributed by atoms with E-state index in [2.05, 4.69) is 10.3 Å². The zero-order chi connectivity index (χ0) is 14.8. The number of carboxylic acid groups (broad SMARTS) is 1. The van der Waals surface area contributed by atoms with Crippen molar-refractivity contribution in [1.82, 2.24) is 5.32 Å². The fraction of sp³-hybridized carbons (Fsp3) is 0.700. The van der Waals surface area contributed by atoms with Gasteiger partial charge in [-0.2, -0.15) is 0 Å². The van der Waals surface area contributed by atoms with Crippen molar-refractivity contribution in [1.29, 1.82) is 0 Å². The van der Waals surface area contributed by atoms with Gasteiger partial charge in [-0.3, -0.25) is 9.79 Å². The van der Waals surface area contributed by atoms with E-state index in [-0.39, 0.29) is 18.9 Å². The Labute approximate surface area is 111 Å². The summed E-state index contributed by atoms with van der Waals surface area (Å²) in [6, 6.07) is -1.81. The Morgan fingerprint density at radius 2 is 1.89 bits per heavy atom. The van der Waals surface area contributed by atoms with Gasteiger partial charge in [0, 0.05) is 6.54 Å². The summed E-state index contributed by atoms with van der Waals surface area (Å²) in [5.41, 5.74) is 21.2. The lowest BCUT2D eigenvalue weighted by atomic mass is 10.1. The average Bonchev–Trinajstić information content (AvgIpc) is 2.33. The lowest BCUT2D eigenvalue weighted by Gasteiger charge is -2.17. The molecule has 1 amide bonds. The Morgan fingerprint density at radius 3 is 2.37 bits per heavy atom. The van der Waals surface area contributed by atoms with Crippen molar-refractivity contribution >= 4 is 17.8 Å². The molecule has 0 aromatic carbocycles. The number of aliphatic imine (C=N–C) groups is 1. The van der Waals surface area contributed by atoms with Gasteiger partial charge in [0.05, 0.1) is 6.04 Å². The molecule has 19 heavy (non-hydrogen) atoms. The van der Waals surface area contributed by atoms with Crippen LogP contribution >= 0.6 is 0 Å². The van der Waals surface area contributed by atoms with Crippen molar-refractivity contribution in [2.45, 2.75) is 31.3 Å². The van der Waals surface area contributed by atoms with E-state index in [4.69, 9.17) is 28.0 Å². The molecule has 0 unspecified atom stereocenters. The van der Waals surface area contributed by atoms with Crippen LogP contribution in [0, 0.1) is 0 Å². The summed E-state index contributed by atoms with van der Waals surface area (Å²) in [6.45, 7) is 0.533. The molecule has 0 aliphatic carbocycles. The highest BCUT2D eigenvalue weighted by Crippen LogP contribution is 1.98. The molecule has 0 aliphatic heterocycles. The highest BCUT2D eigenvalue weighted by atomic mass is 16.4. The van der Waals surface area contributed by atoms with Crippen LogP contribution in [0.1, 0.15) is 19.3 Å². The van der Waals surface area contributed by atoms with Crippen LogP contribution in [0.2, 0.25) is 0 Å². The third-order valence-electron chi connectivity index (χ3n) is 2.37. The Kier molecular flexibility index (Phi) is 8.22. The predicted octanol–water partition coefficient (Wildman–Crippen LogP) is -2.71. The number of nitrogens with zero attached hydrogens (tertiary/aromatic N) is 1. The lowest BCUT2D eigenvalue weighted by molar-refractivity contribution is -0.142. The number of rotatable bonds is 9. The number of hydrogen-bond donors (Lipinski definition) is 6. The molecule has 0 radical (unpaired) electrons. The van der Waals surface area contributed by atoms with Gasteiger partial charge in [-0.25, -0.2) is 4.79 Å². The summed E-state index contributed by atoms with van der Waals surface area (Å²) in [4.78, 5) is 26.2. The molecular formula is C10H22N6O3. The molecule has 110 valence electrons. The van der Waals surface area contributed by atoms with Gasteiger partial charge < -0.3 is 33.4 Å². The second kappa shape index (κ2) is 9.11. The Morgan fingerprint density at radius 1 is 1.26 bits per heavy atom. The second-order valence-electron chi connectivity index (χ2n) is 4.03. The number of guanidine groups is 1. The molecule has 9 heteroatoms. The van der Waals surface area contributed by atoms with Crippen LogP contribution in [0.15, 0.2) is 4.99 Å². The number of carbonyl (C=O) groups excluding carboxylic acids is 1. The number of aliphatic carboxylic acids is 1. The normalized spacial score (nSPS) is 13.4. The number of amides is 1. The fourth-order valence-corrected chi connectivity index (χ4v) is 1.35. The zero-order valence-electron chi connectivity index (χ0n) is 10.7. The van der Waals surface area contributed by atoms with Gasteiger partial charge in [0.25, 0.3) is 0 Å². The van der Waals surface area contributed by atoms with E-state index in [1.54, 1.807) is 0 Å². The largest absolute Gasteiger partial charge is 0.480 e. The Balaban J connectivity index is 4.10. The van der Waals surface area contributed by atoms with E-state index in [1.165, 1.54) is 0 Å². The molecule has 0 spiro atoms. The third-order valence-corrected chi connectivity index (χ3v) is 2.37. The van der Waals surface area contributed by atoms with Gasteiger partial charge in [0.15, 0.2) is 5.96 Å². The summed E-state index contributed by atoms with van der Waals surface area (Å²) in [6.07, 6.45) is 1.04. The van der Waals surface area contributed by atoms with E-state index in [9.17, 15) is 9.59 Å². The van der Waals surface area contributed by atoms with E-state index >= 15 is 0 Å². The van der Waals surface area contributed by atoms with Crippen LogP contribution in [0.4, 0.5) is 0 Å². The first-order chi connectivity index (χ1) is 8.88. The first-order valence-electron chi connectivity index (χ1n) is 5.92. The smallest absolute Gasteiger partial charge is 0.326 e. The summed E-state index contributed by atoms with van der Waals surface area (Å²) >= 11 is 0. The SMILES string of the molecule is NCC[C@H](NC(=O)[C@@H](N)CCCN=C(N)N)C(=O)O. The standard InChI is InChI=1S/C10H22N6O3/c11-4-3-7(9(18)19)16-8(17)6(12)2-1-5-15-10(13)14/h6-7H,1-5,11-12H2,(H,16,17)(H,18,19)(H4,13,14,15)/t6-,7-/m0/s1. The minimum atomic E-state index is -1.13. The van der Waals surface area contributed by atoms with Gasteiger partial charge >= 0.3 is 5.97 Å². The quantitative estimate of drug-likeness (QED) is 0.150. The van der Waals surface area contributed by atoms with Gasteiger partial charge in [0.2, 0.25) is 5.91 Å². The summed E-state index contributed by atoms with van der Waals surface area (Å²) < 4.78 is 0. The molecule has 9 nitrogen and oxygen atoms in total. The first kappa shape index (κ1) is 17.1. The van der Waals surface area contributed by atoms with Crippen molar-refractivity contribution in [3.05, 3.63) is 0 Å². The average molecular weight is 274 g/mol. The van der Waals surface area contributed by atoms with Crippen molar-refractivity contribution in [2.24, 2.45) is 27.9 Å². The number of carbonyl (C=O) groups is 2. The maximum atomic E-state index is 11.6. The molecule has 0 saturated carbocycles. The van der Waals surface area contributed by atoms with E-state index in [0.717, 1.165) is 0 Å². The van der Waals surface area contributed by atoms with Crippen molar-refractivity contribution < 1.29 is 14.7 Å². The highest BCUT2D eigenvalue weighted by Gasteiger charge is 2.22. The highest BCUT2D eigenvalue weighted by molar-refractivity contribution is 5.86. The Bertz CT molecular complexity index is 329. The number of hydrogen-bond acceptors (Lipinski definition) is 5. The van der Waals surface area contributed by atoms with Crippen molar-refractivity contribution in [3.8, 4) is 0 Å². The molecule has 0 aliphatic rings. The zero-order valence-corrected chi connectivity index (χ0v) is 10.7. The molecule has 10 N–H and O–H groups in total. The van der Waals surface area contributed by atoms with Crippen LogP contribution in [0.3, 0.4) is 0 Å². The van der Waals surface area contributed by atoms with Crippen LogP contribution in [-0.2, 0) is 9.59 Å². The van der Waals surface area contributed by atoms with E-state index in [1.807, 2.05) is 0 Å². The van der Waals surface area contributed by atoms with Crippen LogP contribution < -0.4 is 28.3 Å². The number of nitrogens with two attached hydrogens (primary N) is 4. The van der Waals surface area contributed by atoms with Crippen molar-refractivity contribution in [3.63, 3.8) is 0 Å².